The number of aryl methyl sites for hydroxylation is 1. The molecule has 1 aromatic carbocycles. The van der Waals surface area contributed by atoms with Crippen molar-refractivity contribution < 1.29 is 4.74 Å². The maximum absolute atomic E-state index is 7.22. The van der Waals surface area contributed by atoms with Gasteiger partial charge in [0.1, 0.15) is 5.75 Å². The molecule has 0 amide bonds. The van der Waals surface area contributed by atoms with E-state index < -0.39 is 0 Å². The van der Waals surface area contributed by atoms with Crippen molar-refractivity contribution in [1.82, 2.24) is 0 Å². The zero-order valence-corrected chi connectivity index (χ0v) is 7.92. The van der Waals surface area contributed by atoms with Crippen molar-refractivity contribution in [3.63, 3.8) is 0 Å². The zero-order valence-electron chi connectivity index (χ0n) is 7.92. The number of ether oxygens (including phenoxy) is 1. The van der Waals surface area contributed by atoms with E-state index in [-0.39, 0.29) is 5.84 Å². The molecule has 0 aliphatic rings. The Morgan fingerprint density at radius 1 is 1.54 bits per heavy atom. The summed E-state index contributed by atoms with van der Waals surface area (Å²) >= 11 is 0. The van der Waals surface area contributed by atoms with Crippen LogP contribution in [0.5, 0.6) is 5.75 Å². The SMILES string of the molecule is COc1cccc(C)c1CC(=N)N. The molecule has 0 saturated carbocycles. The Kier molecular flexibility index (Phi) is 2.90. The second-order valence-electron chi connectivity index (χ2n) is 2.96. The lowest BCUT2D eigenvalue weighted by Gasteiger charge is -2.10. The lowest BCUT2D eigenvalue weighted by molar-refractivity contribution is 0.410. The third-order valence-corrected chi connectivity index (χ3v) is 1.95. The van der Waals surface area contributed by atoms with Crippen LogP contribution in [-0.2, 0) is 6.42 Å². The topological polar surface area (TPSA) is 59.1 Å². The summed E-state index contributed by atoms with van der Waals surface area (Å²) in [5, 5.41) is 7.22. The van der Waals surface area contributed by atoms with Crippen molar-refractivity contribution in [2.24, 2.45) is 5.73 Å². The van der Waals surface area contributed by atoms with Gasteiger partial charge in [0.2, 0.25) is 0 Å². The summed E-state index contributed by atoms with van der Waals surface area (Å²) in [6.45, 7) is 1.99. The number of hydrogen-bond acceptors (Lipinski definition) is 2. The van der Waals surface area contributed by atoms with Crippen molar-refractivity contribution >= 4 is 5.84 Å². The highest BCUT2D eigenvalue weighted by atomic mass is 16.5. The van der Waals surface area contributed by atoms with E-state index in [4.69, 9.17) is 15.9 Å². The summed E-state index contributed by atoms with van der Waals surface area (Å²) in [4.78, 5) is 0. The summed E-state index contributed by atoms with van der Waals surface area (Å²) in [5.41, 5.74) is 7.45. The molecule has 1 aromatic rings. The third kappa shape index (κ3) is 2.21. The summed E-state index contributed by atoms with van der Waals surface area (Å²) in [6.07, 6.45) is 0.454. The van der Waals surface area contributed by atoms with E-state index in [1.807, 2.05) is 25.1 Å². The second-order valence-corrected chi connectivity index (χ2v) is 2.96. The summed E-state index contributed by atoms with van der Waals surface area (Å²) < 4.78 is 5.17. The molecule has 0 spiro atoms. The van der Waals surface area contributed by atoms with Gasteiger partial charge in [-0.1, -0.05) is 12.1 Å². The minimum absolute atomic E-state index is 0.160. The minimum atomic E-state index is 0.160. The normalized spacial score (nSPS) is 9.69. The Morgan fingerprint density at radius 3 is 2.77 bits per heavy atom. The molecule has 0 unspecified atom stereocenters. The number of amidine groups is 1. The van der Waals surface area contributed by atoms with Gasteiger partial charge in [0.25, 0.3) is 0 Å². The van der Waals surface area contributed by atoms with Gasteiger partial charge in [-0.3, -0.25) is 5.41 Å². The van der Waals surface area contributed by atoms with Crippen molar-refractivity contribution in [2.45, 2.75) is 13.3 Å². The van der Waals surface area contributed by atoms with E-state index in [9.17, 15) is 0 Å². The van der Waals surface area contributed by atoms with Crippen LogP contribution in [0.3, 0.4) is 0 Å². The first-order chi connectivity index (χ1) is 6.15. The molecule has 0 aliphatic heterocycles. The van der Waals surface area contributed by atoms with Gasteiger partial charge in [-0.15, -0.1) is 0 Å². The van der Waals surface area contributed by atoms with Crippen LogP contribution in [0.1, 0.15) is 11.1 Å². The number of methoxy groups -OCH3 is 1. The maximum atomic E-state index is 7.22. The third-order valence-electron chi connectivity index (χ3n) is 1.95. The first-order valence-electron chi connectivity index (χ1n) is 4.10. The zero-order chi connectivity index (χ0) is 9.84. The summed E-state index contributed by atoms with van der Waals surface area (Å²) in [7, 11) is 1.62. The fourth-order valence-corrected chi connectivity index (χ4v) is 1.28. The van der Waals surface area contributed by atoms with Crippen molar-refractivity contribution in [3.05, 3.63) is 29.3 Å². The highest BCUT2D eigenvalue weighted by molar-refractivity contribution is 5.80. The van der Waals surface area contributed by atoms with E-state index in [1.54, 1.807) is 7.11 Å². The summed E-state index contributed by atoms with van der Waals surface area (Å²) in [5.74, 6) is 0.961. The lowest BCUT2D eigenvalue weighted by Crippen LogP contribution is -2.14. The van der Waals surface area contributed by atoms with Crippen LogP contribution in [0, 0.1) is 12.3 Å². The Balaban J connectivity index is 3.07. The molecule has 0 heterocycles. The quantitative estimate of drug-likeness (QED) is 0.544. The average molecular weight is 178 g/mol. The molecule has 70 valence electrons. The molecule has 0 bridgehead atoms. The number of hydrogen-bond donors (Lipinski definition) is 2. The fourth-order valence-electron chi connectivity index (χ4n) is 1.28. The minimum Gasteiger partial charge on any atom is -0.496 e. The van der Waals surface area contributed by atoms with Gasteiger partial charge >= 0.3 is 0 Å². The molecule has 0 radical (unpaired) electrons. The molecule has 0 saturated heterocycles. The number of nitrogens with two attached hydrogens (primary N) is 1. The van der Waals surface area contributed by atoms with Crippen LogP contribution < -0.4 is 10.5 Å². The molecule has 3 heteroatoms. The number of rotatable bonds is 3. The Hall–Kier alpha value is -1.51. The van der Waals surface area contributed by atoms with Gasteiger partial charge in [0.15, 0.2) is 0 Å². The van der Waals surface area contributed by atoms with Gasteiger partial charge in [-0.25, -0.2) is 0 Å². The van der Waals surface area contributed by atoms with Gasteiger partial charge < -0.3 is 10.5 Å². The van der Waals surface area contributed by atoms with Crippen LogP contribution in [0.15, 0.2) is 18.2 Å². The molecule has 3 nitrogen and oxygen atoms in total. The molecule has 0 atom stereocenters. The number of nitrogens with one attached hydrogen (secondary N) is 1. The first kappa shape index (κ1) is 9.58. The van der Waals surface area contributed by atoms with E-state index in [0.29, 0.717) is 6.42 Å². The van der Waals surface area contributed by atoms with Crippen molar-refractivity contribution in [3.8, 4) is 5.75 Å². The van der Waals surface area contributed by atoms with E-state index >= 15 is 0 Å². The van der Waals surface area contributed by atoms with Crippen LogP contribution in [0.4, 0.5) is 0 Å². The molecule has 0 aliphatic carbocycles. The molecule has 3 N–H and O–H groups in total. The molecule has 1 rings (SSSR count). The highest BCUT2D eigenvalue weighted by Crippen LogP contribution is 2.21. The van der Waals surface area contributed by atoms with Crippen LogP contribution in [0.2, 0.25) is 0 Å². The van der Waals surface area contributed by atoms with Gasteiger partial charge in [-0.2, -0.15) is 0 Å². The smallest absolute Gasteiger partial charge is 0.122 e. The molecular formula is C10H14N2O. The largest absolute Gasteiger partial charge is 0.496 e. The standard InChI is InChI=1S/C10H14N2O/c1-7-4-3-5-9(13-2)8(7)6-10(11)12/h3-5H,6H2,1-2H3,(H3,11,12). The summed E-state index contributed by atoms with van der Waals surface area (Å²) in [6, 6.07) is 5.80. The van der Waals surface area contributed by atoms with Crippen LogP contribution in [-0.4, -0.2) is 12.9 Å². The predicted octanol–water partition coefficient (Wildman–Crippen LogP) is 1.48. The molecular weight excluding hydrogens is 164 g/mol. The van der Waals surface area contributed by atoms with Crippen LogP contribution in [0.25, 0.3) is 0 Å². The fraction of sp³-hybridized carbons (Fsp3) is 0.300. The molecule has 13 heavy (non-hydrogen) atoms. The van der Waals surface area contributed by atoms with Gasteiger partial charge in [0, 0.05) is 12.0 Å². The Labute approximate surface area is 78.0 Å². The average Bonchev–Trinajstić information content (AvgIpc) is 2.08. The maximum Gasteiger partial charge on any atom is 0.122 e. The van der Waals surface area contributed by atoms with Crippen molar-refractivity contribution in [1.29, 1.82) is 5.41 Å². The van der Waals surface area contributed by atoms with E-state index in [2.05, 4.69) is 0 Å². The highest BCUT2D eigenvalue weighted by Gasteiger charge is 2.06. The Morgan fingerprint density at radius 2 is 2.23 bits per heavy atom. The van der Waals surface area contributed by atoms with Gasteiger partial charge in [0.05, 0.1) is 12.9 Å². The lowest BCUT2D eigenvalue weighted by atomic mass is 10.0. The Bertz CT molecular complexity index is 321. The molecule has 0 fully saturated rings. The predicted molar refractivity (Wildman–Crippen MR) is 53.3 cm³/mol. The monoisotopic (exact) mass is 178 g/mol. The van der Waals surface area contributed by atoms with Gasteiger partial charge in [-0.05, 0) is 18.6 Å². The van der Waals surface area contributed by atoms with E-state index in [0.717, 1.165) is 16.9 Å². The van der Waals surface area contributed by atoms with Crippen molar-refractivity contribution in [2.75, 3.05) is 7.11 Å². The second kappa shape index (κ2) is 3.94. The van der Waals surface area contributed by atoms with Crippen LogP contribution >= 0.6 is 0 Å². The number of benzene rings is 1. The van der Waals surface area contributed by atoms with E-state index in [1.165, 1.54) is 0 Å². The molecule has 0 aromatic heterocycles. The first-order valence-corrected chi connectivity index (χ1v) is 4.10.